The van der Waals surface area contributed by atoms with Gasteiger partial charge in [0.25, 0.3) is 0 Å². The Hall–Kier alpha value is -1.18. The number of nitriles is 1. The minimum atomic E-state index is 0.462. The van der Waals surface area contributed by atoms with Crippen LogP contribution in [-0.4, -0.2) is 17.0 Å². The van der Waals surface area contributed by atoms with Gasteiger partial charge in [0.2, 0.25) is 0 Å². The third kappa shape index (κ3) is 2.49. The standard InChI is InChI=1S/C11H10ClN3S/c1-7-6-14-11(16-7)15-9-3-2-8(5-13)10(12)4-9/h2-4,7H,6H2,1H3,(H,14,15). The lowest BCUT2D eigenvalue weighted by atomic mass is 10.2. The highest BCUT2D eigenvalue weighted by atomic mass is 35.5. The van der Waals surface area contributed by atoms with E-state index in [0.29, 0.717) is 15.8 Å². The van der Waals surface area contributed by atoms with Crippen LogP contribution in [0, 0.1) is 11.3 Å². The van der Waals surface area contributed by atoms with Crippen molar-refractivity contribution >= 4 is 34.2 Å². The summed E-state index contributed by atoms with van der Waals surface area (Å²) in [5, 5.41) is 13.8. The summed E-state index contributed by atoms with van der Waals surface area (Å²) in [4.78, 5) is 4.34. The Balaban J connectivity index is 2.12. The molecule has 0 bridgehead atoms. The molecule has 1 heterocycles. The Kier molecular flexibility index (Phi) is 3.37. The normalized spacial score (nSPS) is 19.1. The van der Waals surface area contributed by atoms with Gasteiger partial charge in [-0.25, -0.2) is 0 Å². The molecule has 82 valence electrons. The molecule has 1 aromatic rings. The summed E-state index contributed by atoms with van der Waals surface area (Å²) in [6.45, 7) is 2.98. The van der Waals surface area contributed by atoms with E-state index in [-0.39, 0.29) is 0 Å². The fraction of sp³-hybridized carbons (Fsp3) is 0.273. The molecule has 5 heteroatoms. The fourth-order valence-corrected chi connectivity index (χ4v) is 2.43. The van der Waals surface area contributed by atoms with E-state index in [0.717, 1.165) is 17.4 Å². The van der Waals surface area contributed by atoms with Crippen LogP contribution in [0.2, 0.25) is 5.02 Å². The van der Waals surface area contributed by atoms with Crippen molar-refractivity contribution in [2.75, 3.05) is 11.9 Å². The lowest BCUT2D eigenvalue weighted by molar-refractivity contribution is 0.976. The number of nitrogens with one attached hydrogen (secondary N) is 1. The van der Waals surface area contributed by atoms with Crippen LogP contribution in [-0.2, 0) is 0 Å². The molecule has 0 aromatic heterocycles. The zero-order chi connectivity index (χ0) is 11.5. The van der Waals surface area contributed by atoms with Crippen LogP contribution in [0.3, 0.4) is 0 Å². The number of nitrogens with zero attached hydrogens (tertiary/aromatic N) is 2. The largest absolute Gasteiger partial charge is 0.335 e. The van der Waals surface area contributed by atoms with E-state index in [1.165, 1.54) is 0 Å². The fourth-order valence-electron chi connectivity index (χ4n) is 1.35. The van der Waals surface area contributed by atoms with Crippen molar-refractivity contribution in [3.63, 3.8) is 0 Å². The summed E-state index contributed by atoms with van der Waals surface area (Å²) in [5.74, 6) is 0. The van der Waals surface area contributed by atoms with Gasteiger partial charge >= 0.3 is 0 Å². The molecule has 1 aliphatic heterocycles. The monoisotopic (exact) mass is 251 g/mol. The molecule has 0 radical (unpaired) electrons. The lowest BCUT2D eigenvalue weighted by Crippen LogP contribution is -2.05. The first-order chi connectivity index (χ1) is 7.69. The van der Waals surface area contributed by atoms with Gasteiger partial charge in [-0.1, -0.05) is 30.3 Å². The first-order valence-electron chi connectivity index (χ1n) is 4.87. The van der Waals surface area contributed by atoms with E-state index < -0.39 is 0 Å². The van der Waals surface area contributed by atoms with Gasteiger partial charge in [0.15, 0.2) is 5.17 Å². The number of benzene rings is 1. The van der Waals surface area contributed by atoms with Crippen molar-refractivity contribution in [2.45, 2.75) is 12.2 Å². The molecule has 3 nitrogen and oxygen atoms in total. The van der Waals surface area contributed by atoms with Crippen molar-refractivity contribution in [3.8, 4) is 6.07 Å². The predicted octanol–water partition coefficient (Wildman–Crippen LogP) is 3.11. The molecule has 1 atom stereocenters. The smallest absolute Gasteiger partial charge is 0.161 e. The van der Waals surface area contributed by atoms with Crippen LogP contribution >= 0.6 is 23.4 Å². The molecule has 1 aromatic carbocycles. The predicted molar refractivity (Wildman–Crippen MR) is 69.1 cm³/mol. The Labute approximate surface area is 104 Å². The minimum Gasteiger partial charge on any atom is -0.335 e. The lowest BCUT2D eigenvalue weighted by Gasteiger charge is -2.06. The number of aliphatic imine (C=N–C) groups is 1. The van der Waals surface area contributed by atoms with Crippen LogP contribution in [0.25, 0.3) is 0 Å². The molecule has 16 heavy (non-hydrogen) atoms. The van der Waals surface area contributed by atoms with Gasteiger partial charge in [-0.2, -0.15) is 5.26 Å². The van der Waals surface area contributed by atoms with Crippen molar-refractivity contribution in [1.82, 2.24) is 0 Å². The molecular weight excluding hydrogens is 242 g/mol. The van der Waals surface area contributed by atoms with Gasteiger partial charge < -0.3 is 5.32 Å². The van der Waals surface area contributed by atoms with E-state index >= 15 is 0 Å². The molecule has 1 N–H and O–H groups in total. The Morgan fingerprint density at radius 3 is 3.00 bits per heavy atom. The number of hydrogen-bond acceptors (Lipinski definition) is 4. The van der Waals surface area contributed by atoms with E-state index in [1.807, 2.05) is 12.1 Å². The zero-order valence-electron chi connectivity index (χ0n) is 8.70. The second-order valence-electron chi connectivity index (χ2n) is 3.51. The first kappa shape index (κ1) is 11.3. The van der Waals surface area contributed by atoms with Gasteiger partial charge in [-0.05, 0) is 18.2 Å². The summed E-state index contributed by atoms with van der Waals surface area (Å²) in [6.07, 6.45) is 0. The highest BCUT2D eigenvalue weighted by Gasteiger charge is 2.15. The van der Waals surface area contributed by atoms with E-state index in [1.54, 1.807) is 23.9 Å². The zero-order valence-corrected chi connectivity index (χ0v) is 10.3. The number of anilines is 1. The summed E-state index contributed by atoms with van der Waals surface area (Å²) in [5.41, 5.74) is 1.35. The molecule has 0 amide bonds. The molecule has 0 spiro atoms. The molecule has 2 rings (SSSR count). The van der Waals surface area contributed by atoms with Crippen LogP contribution < -0.4 is 5.32 Å². The van der Waals surface area contributed by atoms with Crippen LogP contribution in [0.15, 0.2) is 23.2 Å². The highest BCUT2D eigenvalue weighted by Crippen LogP contribution is 2.24. The van der Waals surface area contributed by atoms with Crippen LogP contribution in [0.4, 0.5) is 5.69 Å². The molecule has 0 aliphatic carbocycles. The molecule has 1 unspecified atom stereocenters. The maximum Gasteiger partial charge on any atom is 0.161 e. The number of hydrogen-bond donors (Lipinski definition) is 1. The number of rotatable bonds is 1. The molecular formula is C11H10ClN3S. The van der Waals surface area contributed by atoms with Gasteiger partial charge in [0, 0.05) is 10.9 Å². The highest BCUT2D eigenvalue weighted by molar-refractivity contribution is 8.15. The van der Waals surface area contributed by atoms with E-state index in [9.17, 15) is 0 Å². The van der Waals surface area contributed by atoms with E-state index in [4.69, 9.17) is 16.9 Å². The van der Waals surface area contributed by atoms with Crippen molar-refractivity contribution in [3.05, 3.63) is 28.8 Å². The Bertz CT molecular complexity index is 479. The average Bonchev–Trinajstić information content (AvgIpc) is 2.64. The van der Waals surface area contributed by atoms with Crippen molar-refractivity contribution in [2.24, 2.45) is 4.99 Å². The third-order valence-electron chi connectivity index (χ3n) is 2.15. The van der Waals surface area contributed by atoms with Crippen molar-refractivity contribution < 1.29 is 0 Å². The second-order valence-corrected chi connectivity index (χ2v) is 5.34. The summed E-state index contributed by atoms with van der Waals surface area (Å²) < 4.78 is 0. The second kappa shape index (κ2) is 4.77. The molecule has 1 aliphatic rings. The SMILES string of the molecule is CC1CN=C(Nc2ccc(C#N)c(Cl)c2)S1. The summed E-state index contributed by atoms with van der Waals surface area (Å²) in [6, 6.07) is 7.30. The van der Waals surface area contributed by atoms with Gasteiger partial charge in [0.05, 0.1) is 17.1 Å². The Morgan fingerprint density at radius 2 is 2.44 bits per heavy atom. The first-order valence-corrected chi connectivity index (χ1v) is 6.12. The van der Waals surface area contributed by atoms with Crippen LogP contribution in [0.1, 0.15) is 12.5 Å². The van der Waals surface area contributed by atoms with Crippen molar-refractivity contribution in [1.29, 1.82) is 5.26 Å². The maximum atomic E-state index is 8.75. The minimum absolute atomic E-state index is 0.462. The van der Waals surface area contributed by atoms with Crippen LogP contribution in [0.5, 0.6) is 0 Å². The number of thioether (sulfide) groups is 1. The Morgan fingerprint density at radius 1 is 1.62 bits per heavy atom. The summed E-state index contributed by atoms with van der Waals surface area (Å²) >= 11 is 7.64. The van der Waals surface area contributed by atoms with E-state index in [2.05, 4.69) is 17.2 Å². The quantitative estimate of drug-likeness (QED) is 0.834. The molecule has 0 fully saturated rings. The number of amidine groups is 1. The molecule has 0 saturated carbocycles. The van der Waals surface area contributed by atoms with Gasteiger partial charge in [-0.15, -0.1) is 0 Å². The number of halogens is 1. The topological polar surface area (TPSA) is 48.2 Å². The van der Waals surface area contributed by atoms with Gasteiger partial charge in [0.1, 0.15) is 6.07 Å². The summed E-state index contributed by atoms with van der Waals surface area (Å²) in [7, 11) is 0. The van der Waals surface area contributed by atoms with Gasteiger partial charge in [-0.3, -0.25) is 4.99 Å². The maximum absolute atomic E-state index is 8.75. The molecule has 0 saturated heterocycles. The third-order valence-corrected chi connectivity index (χ3v) is 3.46. The average molecular weight is 252 g/mol.